The monoisotopic (exact) mass is 500 g/mol. The number of sulfonamides is 1. The summed E-state index contributed by atoms with van der Waals surface area (Å²) in [5.74, 6) is -1.78. The predicted octanol–water partition coefficient (Wildman–Crippen LogP) is 3.60. The van der Waals surface area contributed by atoms with Crippen LogP contribution in [0, 0.1) is 22.7 Å². The van der Waals surface area contributed by atoms with Crippen LogP contribution in [-0.2, 0) is 10.0 Å². The molecule has 10 heteroatoms. The summed E-state index contributed by atoms with van der Waals surface area (Å²) in [5, 5.41) is 28.1. The normalized spacial score (nSPS) is 12.2. The maximum atomic E-state index is 13.3. The van der Waals surface area contributed by atoms with Crippen LogP contribution in [0.25, 0.3) is 0 Å². The number of benzene rings is 3. The molecule has 36 heavy (non-hydrogen) atoms. The van der Waals surface area contributed by atoms with E-state index in [0.717, 1.165) is 12.1 Å². The number of carbonyl (C=O) groups excluding carboxylic acids is 2. The van der Waals surface area contributed by atoms with Gasteiger partial charge in [-0.15, -0.1) is 0 Å². The lowest BCUT2D eigenvalue weighted by Gasteiger charge is -2.23. The predicted molar refractivity (Wildman–Crippen MR) is 131 cm³/mol. The van der Waals surface area contributed by atoms with Crippen molar-refractivity contribution in [3.05, 3.63) is 82.9 Å². The second kappa shape index (κ2) is 9.90. The maximum Gasteiger partial charge on any atom is 0.262 e. The van der Waals surface area contributed by atoms with Crippen LogP contribution in [0.3, 0.4) is 0 Å². The van der Waals surface area contributed by atoms with Gasteiger partial charge in [-0.2, -0.15) is 10.5 Å². The zero-order chi connectivity index (χ0) is 25.9. The Labute approximate surface area is 207 Å². The molecule has 2 N–H and O–H groups in total. The number of anilines is 2. The SMILES string of the molecule is N#CCCN(CCC#N)c1ccc(NS(=O)(=O)c2ccc(O)c3c2C(=O)c2ccccc2C3=O)cc1. The Morgan fingerprint density at radius 2 is 1.36 bits per heavy atom. The van der Waals surface area contributed by atoms with Crippen molar-refractivity contribution >= 4 is 33.0 Å². The van der Waals surface area contributed by atoms with Gasteiger partial charge >= 0.3 is 0 Å². The maximum absolute atomic E-state index is 13.3. The number of phenols is 1. The Morgan fingerprint density at radius 3 is 1.92 bits per heavy atom. The van der Waals surface area contributed by atoms with Crippen LogP contribution in [-0.4, -0.2) is 38.2 Å². The number of nitrogens with one attached hydrogen (secondary N) is 1. The van der Waals surface area contributed by atoms with Crippen molar-refractivity contribution < 1.29 is 23.1 Å². The van der Waals surface area contributed by atoms with Gasteiger partial charge in [0.05, 0.1) is 41.0 Å². The summed E-state index contributed by atoms with van der Waals surface area (Å²) in [5.41, 5.74) is 0.362. The van der Waals surface area contributed by atoms with E-state index in [0.29, 0.717) is 18.8 Å². The largest absolute Gasteiger partial charge is 0.507 e. The highest BCUT2D eigenvalue weighted by molar-refractivity contribution is 7.92. The highest BCUT2D eigenvalue weighted by atomic mass is 32.2. The third kappa shape index (κ3) is 4.50. The Balaban J connectivity index is 1.67. The Hall–Kier alpha value is -4.67. The number of hydrogen-bond donors (Lipinski definition) is 2. The number of nitriles is 2. The fraction of sp³-hybridized carbons (Fsp3) is 0.154. The Morgan fingerprint density at radius 1 is 0.806 bits per heavy atom. The van der Waals surface area contributed by atoms with E-state index in [9.17, 15) is 23.1 Å². The quantitative estimate of drug-likeness (QED) is 0.372. The van der Waals surface area contributed by atoms with Gasteiger partial charge in [0.2, 0.25) is 0 Å². The number of ketones is 2. The molecular formula is C26H20N4O5S. The summed E-state index contributed by atoms with van der Waals surface area (Å²) >= 11 is 0. The van der Waals surface area contributed by atoms with Crippen LogP contribution in [0.15, 0.2) is 65.6 Å². The van der Waals surface area contributed by atoms with Crippen molar-refractivity contribution in [1.82, 2.24) is 0 Å². The van der Waals surface area contributed by atoms with Crippen LogP contribution in [0.1, 0.15) is 44.7 Å². The molecule has 0 aromatic heterocycles. The van der Waals surface area contributed by atoms with Crippen molar-refractivity contribution in [1.29, 1.82) is 10.5 Å². The molecule has 0 spiro atoms. The van der Waals surface area contributed by atoms with Gasteiger partial charge in [-0.05, 0) is 36.4 Å². The summed E-state index contributed by atoms with van der Waals surface area (Å²) in [7, 11) is -4.33. The first-order chi connectivity index (χ1) is 17.3. The van der Waals surface area contributed by atoms with Gasteiger partial charge in [-0.3, -0.25) is 14.3 Å². The second-order valence-corrected chi connectivity index (χ2v) is 9.64. The number of aromatic hydroxyl groups is 1. The molecule has 0 amide bonds. The highest BCUT2D eigenvalue weighted by Gasteiger charge is 2.37. The summed E-state index contributed by atoms with van der Waals surface area (Å²) in [6, 6.07) is 18.7. The molecule has 180 valence electrons. The summed E-state index contributed by atoms with van der Waals surface area (Å²) in [6.07, 6.45) is 0.531. The van der Waals surface area contributed by atoms with Crippen LogP contribution >= 0.6 is 0 Å². The molecule has 0 atom stereocenters. The molecule has 0 bridgehead atoms. The van der Waals surface area contributed by atoms with Crippen molar-refractivity contribution in [2.24, 2.45) is 0 Å². The smallest absolute Gasteiger partial charge is 0.262 e. The van der Waals surface area contributed by atoms with Gasteiger partial charge in [0.25, 0.3) is 10.0 Å². The van der Waals surface area contributed by atoms with Crippen LogP contribution in [0.2, 0.25) is 0 Å². The molecule has 0 heterocycles. The zero-order valence-corrected chi connectivity index (χ0v) is 19.7. The summed E-state index contributed by atoms with van der Waals surface area (Å²) < 4.78 is 29.0. The molecule has 1 aliphatic carbocycles. The first kappa shape index (κ1) is 24.5. The third-order valence-electron chi connectivity index (χ3n) is 5.78. The number of phenolic OH excluding ortho intramolecular Hbond substituents is 1. The van der Waals surface area contributed by atoms with E-state index in [1.54, 1.807) is 24.3 Å². The number of rotatable bonds is 8. The number of fused-ring (bicyclic) bond motifs is 2. The molecule has 0 saturated carbocycles. The van der Waals surface area contributed by atoms with Gasteiger partial charge in [-0.1, -0.05) is 24.3 Å². The molecule has 0 aliphatic heterocycles. The van der Waals surface area contributed by atoms with E-state index in [1.165, 1.54) is 24.3 Å². The number of hydrogen-bond acceptors (Lipinski definition) is 8. The molecule has 0 unspecified atom stereocenters. The lowest BCUT2D eigenvalue weighted by Crippen LogP contribution is -2.26. The molecule has 4 rings (SSSR count). The van der Waals surface area contributed by atoms with E-state index < -0.39 is 32.2 Å². The van der Waals surface area contributed by atoms with Gasteiger partial charge in [0.1, 0.15) is 5.75 Å². The van der Waals surface area contributed by atoms with Crippen LogP contribution in [0.5, 0.6) is 5.75 Å². The van der Waals surface area contributed by atoms with Gasteiger partial charge in [-0.25, -0.2) is 8.42 Å². The Kier molecular flexibility index (Phi) is 6.73. The molecule has 3 aromatic rings. The van der Waals surface area contributed by atoms with Crippen molar-refractivity contribution in [2.75, 3.05) is 22.7 Å². The molecule has 9 nitrogen and oxygen atoms in total. The Bertz CT molecular complexity index is 1530. The van der Waals surface area contributed by atoms with Gasteiger partial charge in [0, 0.05) is 35.6 Å². The third-order valence-corrected chi connectivity index (χ3v) is 7.20. The van der Waals surface area contributed by atoms with Crippen LogP contribution in [0.4, 0.5) is 11.4 Å². The first-order valence-electron chi connectivity index (χ1n) is 10.9. The summed E-state index contributed by atoms with van der Waals surface area (Å²) in [6.45, 7) is 0.834. The molecule has 3 aromatic carbocycles. The fourth-order valence-electron chi connectivity index (χ4n) is 4.09. The minimum Gasteiger partial charge on any atom is -0.507 e. The van der Waals surface area contributed by atoms with Gasteiger partial charge < -0.3 is 10.0 Å². The fourth-order valence-corrected chi connectivity index (χ4v) is 5.36. The van der Waals surface area contributed by atoms with Crippen molar-refractivity contribution in [2.45, 2.75) is 17.7 Å². The lowest BCUT2D eigenvalue weighted by atomic mass is 9.83. The van der Waals surface area contributed by atoms with Gasteiger partial charge in [0.15, 0.2) is 11.6 Å². The topological polar surface area (TPSA) is 151 Å². The summed E-state index contributed by atoms with van der Waals surface area (Å²) in [4.78, 5) is 27.6. The molecular weight excluding hydrogens is 480 g/mol. The van der Waals surface area contributed by atoms with E-state index in [4.69, 9.17) is 10.5 Å². The molecule has 0 radical (unpaired) electrons. The average Bonchev–Trinajstić information content (AvgIpc) is 2.87. The second-order valence-electron chi connectivity index (χ2n) is 7.99. The number of carbonyl (C=O) groups is 2. The van der Waals surface area contributed by atoms with Crippen LogP contribution < -0.4 is 9.62 Å². The lowest BCUT2D eigenvalue weighted by molar-refractivity contribution is 0.0974. The molecule has 1 aliphatic rings. The van der Waals surface area contributed by atoms with E-state index in [-0.39, 0.29) is 40.8 Å². The standard InChI is InChI=1S/C26H20N4O5S/c27-13-3-15-30(16-4-14-28)18-9-7-17(8-10-18)29-36(34,35)22-12-11-21(31)23-24(22)26(33)20-6-2-1-5-19(20)25(23)32/h1-2,5-12,29,31H,3-4,15-16H2. The van der Waals surface area contributed by atoms with Crippen molar-refractivity contribution in [3.63, 3.8) is 0 Å². The minimum absolute atomic E-state index is 0.0660. The minimum atomic E-state index is -4.33. The van der Waals surface area contributed by atoms with E-state index in [1.807, 2.05) is 4.90 Å². The highest BCUT2D eigenvalue weighted by Crippen LogP contribution is 2.37. The van der Waals surface area contributed by atoms with E-state index in [2.05, 4.69) is 16.9 Å². The first-order valence-corrected chi connectivity index (χ1v) is 12.4. The average molecular weight is 501 g/mol. The van der Waals surface area contributed by atoms with Crippen molar-refractivity contribution in [3.8, 4) is 17.9 Å². The number of nitrogens with zero attached hydrogens (tertiary/aromatic N) is 3. The molecule has 0 saturated heterocycles. The molecule has 0 fully saturated rings. The zero-order valence-electron chi connectivity index (χ0n) is 18.9. The van der Waals surface area contributed by atoms with E-state index >= 15 is 0 Å².